The van der Waals surface area contributed by atoms with Gasteiger partial charge in [0, 0.05) is 51.3 Å². The number of rotatable bonds is 5. The second-order valence-corrected chi connectivity index (χ2v) is 5.66. The van der Waals surface area contributed by atoms with Gasteiger partial charge in [-0.05, 0) is 0 Å². The van der Waals surface area contributed by atoms with E-state index >= 15 is 0 Å². The molecular formula is C15H15F3N4O4. The summed E-state index contributed by atoms with van der Waals surface area (Å²) in [4.78, 5) is 23.9. The lowest BCUT2D eigenvalue weighted by molar-refractivity contribution is -0.393. The van der Waals surface area contributed by atoms with Gasteiger partial charge in [-0.15, -0.1) is 12.3 Å². The molecule has 8 nitrogen and oxygen atoms in total. The third kappa shape index (κ3) is 4.20. The van der Waals surface area contributed by atoms with Gasteiger partial charge in [0.25, 0.3) is 11.4 Å². The van der Waals surface area contributed by atoms with E-state index in [0.29, 0.717) is 38.2 Å². The highest BCUT2D eigenvalue weighted by Crippen LogP contribution is 2.43. The highest BCUT2D eigenvalue weighted by atomic mass is 19.4. The standard InChI is InChI=1S/C15H15F3N4O4/c1-2-3-4-19-5-7-20(8-6-19)14-12(21(23)24)9-11(15(16,17)18)10-13(14)22(25)26/h1,9-10H,3-8H2. The first kappa shape index (κ1) is 19.5. The summed E-state index contributed by atoms with van der Waals surface area (Å²) in [5, 5.41) is 22.6. The van der Waals surface area contributed by atoms with Gasteiger partial charge in [-0.1, -0.05) is 0 Å². The fourth-order valence-electron chi connectivity index (χ4n) is 2.79. The lowest BCUT2D eigenvalue weighted by atomic mass is 10.1. The maximum absolute atomic E-state index is 12.9. The molecule has 0 aromatic heterocycles. The Balaban J connectivity index is 2.43. The summed E-state index contributed by atoms with van der Waals surface area (Å²) >= 11 is 0. The van der Waals surface area contributed by atoms with Gasteiger partial charge >= 0.3 is 6.18 Å². The summed E-state index contributed by atoms with van der Waals surface area (Å²) in [7, 11) is 0. The van der Waals surface area contributed by atoms with E-state index in [9.17, 15) is 33.4 Å². The second-order valence-electron chi connectivity index (χ2n) is 5.66. The summed E-state index contributed by atoms with van der Waals surface area (Å²) in [6, 6.07) is 0.681. The Morgan fingerprint density at radius 3 is 1.96 bits per heavy atom. The van der Waals surface area contributed by atoms with Crippen LogP contribution in [0.5, 0.6) is 0 Å². The first-order valence-corrected chi connectivity index (χ1v) is 7.60. The van der Waals surface area contributed by atoms with E-state index in [1.165, 1.54) is 4.90 Å². The number of piperazine rings is 1. The molecule has 1 aliphatic heterocycles. The molecule has 0 aliphatic carbocycles. The smallest absolute Gasteiger partial charge is 0.358 e. The average molecular weight is 372 g/mol. The number of nitro benzene ring substituents is 2. The zero-order valence-electron chi connectivity index (χ0n) is 13.5. The number of anilines is 1. The molecule has 0 radical (unpaired) electrons. The quantitative estimate of drug-likeness (QED) is 0.448. The van der Waals surface area contributed by atoms with E-state index < -0.39 is 38.6 Å². The van der Waals surface area contributed by atoms with Gasteiger partial charge in [-0.25, -0.2) is 0 Å². The zero-order chi connectivity index (χ0) is 19.5. The first-order valence-electron chi connectivity index (χ1n) is 7.60. The average Bonchev–Trinajstić information content (AvgIpc) is 2.58. The van der Waals surface area contributed by atoms with Crippen LogP contribution in [-0.4, -0.2) is 47.5 Å². The molecule has 0 saturated carbocycles. The minimum Gasteiger partial charge on any atom is -0.358 e. The maximum atomic E-state index is 12.9. The van der Waals surface area contributed by atoms with E-state index in [1.54, 1.807) is 0 Å². The predicted octanol–water partition coefficient (Wildman–Crippen LogP) is 2.67. The normalized spacial score (nSPS) is 15.5. The molecule has 1 aromatic rings. The highest BCUT2D eigenvalue weighted by Gasteiger charge is 2.39. The molecule has 26 heavy (non-hydrogen) atoms. The Labute approximate surface area is 146 Å². The summed E-state index contributed by atoms with van der Waals surface area (Å²) in [5.74, 6) is 2.49. The molecule has 0 spiro atoms. The molecule has 1 saturated heterocycles. The third-order valence-corrected chi connectivity index (χ3v) is 4.05. The Bertz CT molecular complexity index is 717. The molecule has 1 aliphatic rings. The molecule has 0 amide bonds. The number of alkyl halides is 3. The molecule has 1 heterocycles. The van der Waals surface area contributed by atoms with Crippen molar-refractivity contribution in [3.63, 3.8) is 0 Å². The molecule has 11 heteroatoms. The fourth-order valence-corrected chi connectivity index (χ4v) is 2.79. The van der Waals surface area contributed by atoms with Gasteiger partial charge in [-0.2, -0.15) is 13.2 Å². The molecule has 0 unspecified atom stereocenters. The number of benzene rings is 1. The molecule has 0 atom stereocenters. The van der Waals surface area contributed by atoms with Gasteiger partial charge in [-0.3, -0.25) is 25.1 Å². The molecule has 1 aromatic carbocycles. The second kappa shape index (κ2) is 7.57. The van der Waals surface area contributed by atoms with Crippen LogP contribution in [0.3, 0.4) is 0 Å². The molecule has 0 N–H and O–H groups in total. The molecule has 1 fully saturated rings. The minimum absolute atomic E-state index is 0.206. The fraction of sp³-hybridized carbons (Fsp3) is 0.467. The summed E-state index contributed by atoms with van der Waals surface area (Å²) < 4.78 is 38.8. The number of terminal acetylenes is 1. The number of halogens is 3. The predicted molar refractivity (Wildman–Crippen MR) is 86.9 cm³/mol. The maximum Gasteiger partial charge on any atom is 0.416 e. The number of nitrogens with zero attached hydrogens (tertiary/aromatic N) is 4. The summed E-state index contributed by atoms with van der Waals surface area (Å²) in [6.07, 6.45) is 0.777. The van der Waals surface area contributed by atoms with Crippen molar-refractivity contribution >= 4 is 17.1 Å². The highest BCUT2D eigenvalue weighted by molar-refractivity contribution is 5.76. The van der Waals surface area contributed by atoms with Crippen LogP contribution in [0.15, 0.2) is 12.1 Å². The van der Waals surface area contributed by atoms with Gasteiger partial charge in [0.05, 0.1) is 15.4 Å². The van der Waals surface area contributed by atoms with Crippen molar-refractivity contribution in [2.45, 2.75) is 12.6 Å². The minimum atomic E-state index is -4.93. The number of nitro groups is 2. The van der Waals surface area contributed by atoms with Gasteiger partial charge in [0.1, 0.15) is 0 Å². The molecular weight excluding hydrogens is 357 g/mol. The molecule has 2 rings (SSSR count). The van der Waals surface area contributed by atoms with Crippen LogP contribution >= 0.6 is 0 Å². The Kier molecular flexibility index (Phi) is 5.66. The van der Waals surface area contributed by atoms with Crippen LogP contribution in [0, 0.1) is 32.6 Å². The third-order valence-electron chi connectivity index (χ3n) is 4.05. The van der Waals surface area contributed by atoms with Crippen molar-refractivity contribution in [3.8, 4) is 12.3 Å². The van der Waals surface area contributed by atoms with Crippen LogP contribution in [0.1, 0.15) is 12.0 Å². The van der Waals surface area contributed by atoms with Gasteiger partial charge in [0.2, 0.25) is 0 Å². The van der Waals surface area contributed by atoms with E-state index in [0.717, 1.165) is 0 Å². The van der Waals surface area contributed by atoms with E-state index in [2.05, 4.69) is 5.92 Å². The monoisotopic (exact) mass is 372 g/mol. The number of hydrogen-bond acceptors (Lipinski definition) is 6. The SMILES string of the molecule is C#CCCN1CCN(c2c([N+](=O)[O-])cc(C(F)(F)F)cc2[N+](=O)[O-])CC1. The van der Waals surface area contributed by atoms with Gasteiger partial charge in [0.15, 0.2) is 5.69 Å². The Morgan fingerprint density at radius 1 is 1.08 bits per heavy atom. The van der Waals surface area contributed by atoms with Crippen LogP contribution < -0.4 is 4.90 Å². The van der Waals surface area contributed by atoms with Crippen molar-refractivity contribution in [1.82, 2.24) is 4.90 Å². The van der Waals surface area contributed by atoms with E-state index in [1.807, 2.05) is 4.90 Å². The molecule has 140 valence electrons. The summed E-state index contributed by atoms with van der Waals surface area (Å²) in [6.45, 7) is 1.91. The van der Waals surface area contributed by atoms with Gasteiger partial charge < -0.3 is 4.90 Å². The molecule has 0 bridgehead atoms. The van der Waals surface area contributed by atoms with Crippen LogP contribution in [0.2, 0.25) is 0 Å². The lowest BCUT2D eigenvalue weighted by Gasteiger charge is -2.35. The van der Waals surface area contributed by atoms with Crippen LogP contribution in [0.25, 0.3) is 0 Å². The Hall–Kier alpha value is -2.87. The van der Waals surface area contributed by atoms with Crippen LogP contribution in [0.4, 0.5) is 30.2 Å². The van der Waals surface area contributed by atoms with E-state index in [-0.39, 0.29) is 13.1 Å². The summed E-state index contributed by atoms with van der Waals surface area (Å²) in [5.41, 5.74) is -3.68. The Morgan fingerprint density at radius 2 is 1.58 bits per heavy atom. The first-order chi connectivity index (χ1) is 12.1. The topological polar surface area (TPSA) is 92.8 Å². The lowest BCUT2D eigenvalue weighted by Crippen LogP contribution is -2.47. The van der Waals surface area contributed by atoms with Crippen molar-refractivity contribution in [2.75, 3.05) is 37.6 Å². The van der Waals surface area contributed by atoms with E-state index in [4.69, 9.17) is 6.42 Å². The van der Waals surface area contributed by atoms with Crippen LogP contribution in [-0.2, 0) is 6.18 Å². The van der Waals surface area contributed by atoms with Crippen molar-refractivity contribution in [2.24, 2.45) is 0 Å². The van der Waals surface area contributed by atoms with Crippen molar-refractivity contribution < 1.29 is 23.0 Å². The number of hydrogen-bond donors (Lipinski definition) is 0. The zero-order valence-corrected chi connectivity index (χ0v) is 13.5. The van der Waals surface area contributed by atoms with Crippen molar-refractivity contribution in [1.29, 1.82) is 0 Å². The largest absolute Gasteiger partial charge is 0.416 e. The van der Waals surface area contributed by atoms with Crippen molar-refractivity contribution in [3.05, 3.63) is 37.9 Å².